The minimum Gasteiger partial charge on any atom is -0.326 e. The molecule has 5 heteroatoms. The number of amides is 1. The van der Waals surface area contributed by atoms with E-state index < -0.39 is 0 Å². The summed E-state index contributed by atoms with van der Waals surface area (Å²) in [6.07, 6.45) is 0.666. The van der Waals surface area contributed by atoms with Crippen molar-refractivity contribution < 1.29 is 9.59 Å². The summed E-state index contributed by atoms with van der Waals surface area (Å²) in [4.78, 5) is 25.3. The van der Waals surface area contributed by atoms with E-state index in [4.69, 9.17) is 23.2 Å². The zero-order valence-corrected chi connectivity index (χ0v) is 19.3. The van der Waals surface area contributed by atoms with Gasteiger partial charge in [-0.25, -0.2) is 0 Å². The quantitative estimate of drug-likeness (QED) is 0.404. The molecule has 3 aromatic rings. The lowest BCUT2D eigenvalue weighted by Gasteiger charge is -2.19. The fourth-order valence-electron chi connectivity index (χ4n) is 3.26. The summed E-state index contributed by atoms with van der Waals surface area (Å²) in [6.45, 7) is 6.40. The first-order valence-electron chi connectivity index (χ1n) is 10.1. The van der Waals surface area contributed by atoms with Gasteiger partial charge in [-0.15, -0.1) is 0 Å². The molecule has 0 saturated heterocycles. The minimum absolute atomic E-state index is 0.0278. The summed E-state index contributed by atoms with van der Waals surface area (Å²) >= 11 is 12.3. The number of anilines is 1. The van der Waals surface area contributed by atoms with Gasteiger partial charge in [-0.05, 0) is 47.2 Å². The lowest BCUT2D eigenvalue weighted by atomic mass is 9.86. The monoisotopic (exact) mass is 453 g/mol. The van der Waals surface area contributed by atoms with E-state index in [1.807, 2.05) is 24.3 Å². The molecule has 31 heavy (non-hydrogen) atoms. The second kappa shape index (κ2) is 9.67. The van der Waals surface area contributed by atoms with E-state index in [2.05, 4.69) is 26.1 Å². The first kappa shape index (κ1) is 23.1. The lowest BCUT2D eigenvalue weighted by Crippen LogP contribution is -2.13. The highest BCUT2D eigenvalue weighted by Crippen LogP contribution is 2.26. The molecule has 160 valence electrons. The highest BCUT2D eigenvalue weighted by atomic mass is 35.5. The zero-order valence-electron chi connectivity index (χ0n) is 17.8. The standard InChI is InChI=1S/C26H25Cl2NO2/c1-26(2,3)19-12-10-17(11-13-19)25(31)18-6-4-7-20(16-18)29-24(30)15-14-21-22(27)8-5-9-23(21)28/h4-13,16H,14-15H2,1-3H3,(H,29,30). The first-order valence-corrected chi connectivity index (χ1v) is 10.9. The summed E-state index contributed by atoms with van der Waals surface area (Å²) in [5, 5.41) is 3.94. The van der Waals surface area contributed by atoms with Gasteiger partial charge in [-0.3, -0.25) is 9.59 Å². The van der Waals surface area contributed by atoms with E-state index in [1.165, 1.54) is 5.56 Å². The summed E-state index contributed by atoms with van der Waals surface area (Å²) in [5.41, 5.74) is 3.67. The van der Waals surface area contributed by atoms with Crippen LogP contribution in [0.25, 0.3) is 0 Å². The van der Waals surface area contributed by atoms with Crippen molar-refractivity contribution in [3.8, 4) is 0 Å². The van der Waals surface area contributed by atoms with Crippen LogP contribution in [0, 0.1) is 0 Å². The number of carbonyl (C=O) groups is 2. The van der Waals surface area contributed by atoms with Crippen LogP contribution in [0.5, 0.6) is 0 Å². The van der Waals surface area contributed by atoms with Crippen LogP contribution in [-0.2, 0) is 16.6 Å². The lowest BCUT2D eigenvalue weighted by molar-refractivity contribution is -0.116. The summed E-state index contributed by atoms with van der Waals surface area (Å²) in [5.74, 6) is -0.255. The SMILES string of the molecule is CC(C)(C)c1ccc(C(=O)c2cccc(NC(=O)CCc3c(Cl)cccc3Cl)c2)cc1. The molecule has 3 rings (SSSR count). The highest BCUT2D eigenvalue weighted by Gasteiger charge is 2.16. The van der Waals surface area contributed by atoms with E-state index in [-0.39, 0.29) is 23.5 Å². The van der Waals surface area contributed by atoms with Gasteiger partial charge < -0.3 is 5.32 Å². The molecular formula is C26H25Cl2NO2. The molecule has 0 spiro atoms. The van der Waals surface area contributed by atoms with E-state index >= 15 is 0 Å². The van der Waals surface area contributed by atoms with Gasteiger partial charge in [0.25, 0.3) is 0 Å². The average molecular weight is 454 g/mol. The molecule has 0 aliphatic heterocycles. The minimum atomic E-state index is -0.171. The Balaban J connectivity index is 1.67. The van der Waals surface area contributed by atoms with E-state index in [9.17, 15) is 9.59 Å². The molecule has 3 nitrogen and oxygen atoms in total. The van der Waals surface area contributed by atoms with Crippen molar-refractivity contribution in [3.63, 3.8) is 0 Å². The molecule has 0 saturated carbocycles. The van der Waals surface area contributed by atoms with Gasteiger partial charge in [-0.1, -0.05) is 86.4 Å². The first-order chi connectivity index (χ1) is 14.6. The number of halogens is 2. The maximum absolute atomic E-state index is 12.9. The van der Waals surface area contributed by atoms with Crippen LogP contribution in [-0.4, -0.2) is 11.7 Å². The maximum Gasteiger partial charge on any atom is 0.224 e. The van der Waals surface area contributed by atoms with Crippen LogP contribution in [0.2, 0.25) is 10.0 Å². The Hall–Kier alpha value is -2.62. The molecule has 0 fully saturated rings. The number of rotatable bonds is 6. The molecule has 0 bridgehead atoms. The second-order valence-electron chi connectivity index (χ2n) is 8.49. The molecule has 0 atom stereocenters. The third kappa shape index (κ3) is 5.96. The van der Waals surface area contributed by atoms with Gasteiger partial charge in [0, 0.05) is 33.3 Å². The largest absolute Gasteiger partial charge is 0.326 e. The third-order valence-electron chi connectivity index (χ3n) is 5.09. The molecule has 3 aromatic carbocycles. The second-order valence-corrected chi connectivity index (χ2v) is 9.30. The van der Waals surface area contributed by atoms with Crippen molar-refractivity contribution >= 4 is 40.6 Å². The smallest absolute Gasteiger partial charge is 0.224 e. The Kier molecular flexibility index (Phi) is 7.19. The van der Waals surface area contributed by atoms with Gasteiger partial charge in [-0.2, -0.15) is 0 Å². The highest BCUT2D eigenvalue weighted by molar-refractivity contribution is 6.36. The van der Waals surface area contributed by atoms with Crippen molar-refractivity contribution in [3.05, 3.63) is 99.0 Å². The van der Waals surface area contributed by atoms with Crippen LogP contribution >= 0.6 is 23.2 Å². The Morgan fingerprint density at radius 1 is 0.839 bits per heavy atom. The van der Waals surface area contributed by atoms with Gasteiger partial charge in [0.1, 0.15) is 0 Å². The van der Waals surface area contributed by atoms with E-state index in [0.717, 1.165) is 5.56 Å². The summed E-state index contributed by atoms with van der Waals surface area (Å²) < 4.78 is 0. The molecule has 0 heterocycles. The number of benzene rings is 3. The van der Waals surface area contributed by atoms with Crippen LogP contribution in [0.4, 0.5) is 5.69 Å². The number of carbonyl (C=O) groups excluding carboxylic acids is 2. The van der Waals surface area contributed by atoms with Crippen molar-refractivity contribution in [2.24, 2.45) is 0 Å². The molecule has 0 aliphatic carbocycles. The van der Waals surface area contributed by atoms with Crippen molar-refractivity contribution in [2.75, 3.05) is 5.32 Å². The van der Waals surface area contributed by atoms with Gasteiger partial charge in [0.15, 0.2) is 5.78 Å². The maximum atomic E-state index is 12.9. The molecular weight excluding hydrogens is 429 g/mol. The Morgan fingerprint density at radius 2 is 1.45 bits per heavy atom. The normalized spacial score (nSPS) is 11.3. The van der Waals surface area contributed by atoms with Crippen molar-refractivity contribution in [1.29, 1.82) is 0 Å². The van der Waals surface area contributed by atoms with Crippen molar-refractivity contribution in [2.45, 2.75) is 39.0 Å². The van der Waals surface area contributed by atoms with E-state index in [0.29, 0.717) is 33.3 Å². The number of nitrogens with one attached hydrogen (secondary N) is 1. The summed E-state index contributed by atoms with van der Waals surface area (Å²) in [7, 11) is 0. The molecule has 0 aliphatic rings. The van der Waals surface area contributed by atoms with Crippen LogP contribution in [0.3, 0.4) is 0 Å². The predicted octanol–water partition coefficient (Wildman–Crippen LogP) is 7.09. The van der Waals surface area contributed by atoms with E-state index in [1.54, 1.807) is 42.5 Å². The van der Waals surface area contributed by atoms with Crippen molar-refractivity contribution in [1.82, 2.24) is 0 Å². The number of hydrogen-bond donors (Lipinski definition) is 1. The molecule has 1 amide bonds. The summed E-state index contributed by atoms with van der Waals surface area (Å²) in [6, 6.07) is 19.9. The molecule has 1 N–H and O–H groups in total. The van der Waals surface area contributed by atoms with Crippen LogP contribution in [0.1, 0.15) is 54.2 Å². The van der Waals surface area contributed by atoms with Crippen LogP contribution in [0.15, 0.2) is 66.7 Å². The predicted molar refractivity (Wildman–Crippen MR) is 128 cm³/mol. The van der Waals surface area contributed by atoms with Crippen LogP contribution < -0.4 is 5.32 Å². The Bertz CT molecular complexity index is 1080. The third-order valence-corrected chi connectivity index (χ3v) is 5.79. The fraction of sp³-hybridized carbons (Fsp3) is 0.231. The Labute approximate surface area is 193 Å². The topological polar surface area (TPSA) is 46.2 Å². The van der Waals surface area contributed by atoms with Gasteiger partial charge >= 0.3 is 0 Å². The number of ketones is 1. The van der Waals surface area contributed by atoms with Gasteiger partial charge in [0.05, 0.1) is 0 Å². The zero-order chi connectivity index (χ0) is 22.6. The fourth-order valence-corrected chi connectivity index (χ4v) is 3.85. The van der Waals surface area contributed by atoms with Gasteiger partial charge in [0.2, 0.25) is 5.91 Å². The number of hydrogen-bond acceptors (Lipinski definition) is 2. The average Bonchev–Trinajstić information content (AvgIpc) is 2.72. The molecule has 0 unspecified atom stereocenters. The Morgan fingerprint density at radius 3 is 2.06 bits per heavy atom. The molecule has 0 aromatic heterocycles. The molecule has 0 radical (unpaired) electrons.